The van der Waals surface area contributed by atoms with Crippen LogP contribution in [0, 0.1) is 6.92 Å². The van der Waals surface area contributed by atoms with Crippen LogP contribution in [0.4, 0.5) is 0 Å². The molecule has 1 aromatic heterocycles. The lowest BCUT2D eigenvalue weighted by atomic mass is 10.4. The van der Waals surface area contributed by atoms with E-state index in [1.165, 1.54) is 10.5 Å². The Morgan fingerprint density at radius 3 is 2.50 bits per heavy atom. The van der Waals surface area contributed by atoms with E-state index in [-0.39, 0.29) is 0 Å². The smallest absolute Gasteiger partial charge is 0.246 e. The van der Waals surface area contributed by atoms with Gasteiger partial charge in [-0.05, 0) is 6.92 Å². The first kappa shape index (κ1) is 11.6. The van der Waals surface area contributed by atoms with Gasteiger partial charge in [-0.25, -0.2) is 8.42 Å². The Morgan fingerprint density at radius 1 is 1.38 bits per heavy atom. The predicted octanol–water partition coefficient (Wildman–Crippen LogP) is -0.678. The van der Waals surface area contributed by atoms with E-state index in [2.05, 4.69) is 10.4 Å². The number of aromatic nitrogens is 2. The van der Waals surface area contributed by atoms with Gasteiger partial charge in [0.1, 0.15) is 4.90 Å². The normalized spacial score (nSPS) is 18.9. The maximum atomic E-state index is 12.3. The fourth-order valence-corrected chi connectivity index (χ4v) is 3.38. The second-order valence-electron chi connectivity index (χ2n) is 3.87. The molecule has 1 fully saturated rings. The summed E-state index contributed by atoms with van der Waals surface area (Å²) in [5.41, 5.74) is 0.679. The fraction of sp³-hybridized carbons (Fsp3) is 0.667. The van der Waals surface area contributed by atoms with Crippen LogP contribution in [-0.2, 0) is 17.1 Å². The molecule has 0 bridgehead atoms. The molecule has 1 aromatic rings. The zero-order valence-electron chi connectivity index (χ0n) is 9.47. The van der Waals surface area contributed by atoms with E-state index >= 15 is 0 Å². The van der Waals surface area contributed by atoms with Crippen molar-refractivity contribution in [1.82, 2.24) is 19.4 Å². The number of nitrogens with one attached hydrogen (secondary N) is 1. The Bertz CT molecular complexity index is 474. The molecule has 6 nitrogen and oxygen atoms in total. The Hall–Kier alpha value is -0.920. The first-order valence-electron chi connectivity index (χ1n) is 5.23. The summed E-state index contributed by atoms with van der Waals surface area (Å²) in [5.74, 6) is 0. The monoisotopic (exact) mass is 244 g/mol. The van der Waals surface area contributed by atoms with Gasteiger partial charge in [-0.3, -0.25) is 4.68 Å². The molecular formula is C9H16N4O2S. The van der Waals surface area contributed by atoms with Crippen molar-refractivity contribution in [2.75, 3.05) is 26.2 Å². The molecular weight excluding hydrogens is 228 g/mol. The summed E-state index contributed by atoms with van der Waals surface area (Å²) < 4.78 is 27.6. The highest BCUT2D eigenvalue weighted by Crippen LogP contribution is 2.18. The summed E-state index contributed by atoms with van der Waals surface area (Å²) >= 11 is 0. The molecule has 2 rings (SSSR count). The number of nitrogens with zero attached hydrogens (tertiary/aromatic N) is 3. The number of aryl methyl sites for hydroxylation is 1. The molecule has 2 heterocycles. The molecule has 0 atom stereocenters. The maximum absolute atomic E-state index is 12.3. The summed E-state index contributed by atoms with van der Waals surface area (Å²) in [6, 6.07) is 0. The molecule has 1 aliphatic heterocycles. The average Bonchev–Trinajstić information content (AvgIpc) is 2.61. The summed E-state index contributed by atoms with van der Waals surface area (Å²) in [6.07, 6.45) is 1.42. The van der Waals surface area contributed by atoms with Crippen LogP contribution in [0.3, 0.4) is 0 Å². The number of piperazine rings is 1. The van der Waals surface area contributed by atoms with Crippen LogP contribution in [0.1, 0.15) is 5.69 Å². The SMILES string of the molecule is Cc1c(S(=O)(=O)N2CCNCC2)cnn1C. The Balaban J connectivity index is 2.34. The highest BCUT2D eigenvalue weighted by atomic mass is 32.2. The standard InChI is InChI=1S/C9H16N4O2S/c1-8-9(7-11-12(8)2)16(14,15)13-5-3-10-4-6-13/h7,10H,3-6H2,1-2H3. The minimum atomic E-state index is -3.36. The van der Waals surface area contributed by atoms with Crippen LogP contribution >= 0.6 is 0 Å². The summed E-state index contributed by atoms with van der Waals surface area (Å²) in [5, 5.41) is 7.10. The van der Waals surface area contributed by atoms with Gasteiger partial charge in [0, 0.05) is 33.2 Å². The Kier molecular flexibility index (Phi) is 3.00. The van der Waals surface area contributed by atoms with Crippen molar-refractivity contribution in [1.29, 1.82) is 0 Å². The van der Waals surface area contributed by atoms with Gasteiger partial charge in [-0.15, -0.1) is 0 Å². The average molecular weight is 244 g/mol. The zero-order valence-corrected chi connectivity index (χ0v) is 10.3. The predicted molar refractivity (Wildman–Crippen MR) is 59.6 cm³/mol. The zero-order chi connectivity index (χ0) is 11.8. The van der Waals surface area contributed by atoms with Crippen LogP contribution in [0.25, 0.3) is 0 Å². The molecule has 0 aromatic carbocycles. The lowest BCUT2D eigenvalue weighted by Crippen LogP contribution is -2.46. The van der Waals surface area contributed by atoms with Crippen LogP contribution in [0.5, 0.6) is 0 Å². The summed E-state index contributed by atoms with van der Waals surface area (Å²) in [4.78, 5) is 0.317. The molecule has 0 aliphatic carbocycles. The van der Waals surface area contributed by atoms with E-state index in [0.29, 0.717) is 36.8 Å². The maximum Gasteiger partial charge on any atom is 0.246 e. The third-order valence-corrected chi connectivity index (χ3v) is 4.89. The van der Waals surface area contributed by atoms with Crippen molar-refractivity contribution in [3.05, 3.63) is 11.9 Å². The molecule has 1 N–H and O–H groups in total. The van der Waals surface area contributed by atoms with Crippen LogP contribution in [0.15, 0.2) is 11.1 Å². The van der Waals surface area contributed by atoms with Crippen LogP contribution in [-0.4, -0.2) is 48.7 Å². The fourth-order valence-electron chi connectivity index (χ4n) is 1.76. The van der Waals surface area contributed by atoms with Crippen molar-refractivity contribution in [3.63, 3.8) is 0 Å². The van der Waals surface area contributed by atoms with Gasteiger partial charge in [0.2, 0.25) is 10.0 Å². The second-order valence-corrected chi connectivity index (χ2v) is 5.78. The van der Waals surface area contributed by atoms with E-state index in [1.54, 1.807) is 18.7 Å². The Morgan fingerprint density at radius 2 is 2.00 bits per heavy atom. The van der Waals surface area contributed by atoms with Crippen LogP contribution in [0.2, 0.25) is 0 Å². The molecule has 0 unspecified atom stereocenters. The van der Waals surface area contributed by atoms with Gasteiger partial charge >= 0.3 is 0 Å². The van der Waals surface area contributed by atoms with E-state index < -0.39 is 10.0 Å². The van der Waals surface area contributed by atoms with E-state index in [1.807, 2.05) is 0 Å². The summed E-state index contributed by atoms with van der Waals surface area (Å²) in [6.45, 7) is 4.23. The van der Waals surface area contributed by atoms with Gasteiger partial charge in [-0.2, -0.15) is 9.40 Å². The molecule has 1 saturated heterocycles. The molecule has 16 heavy (non-hydrogen) atoms. The molecule has 0 saturated carbocycles. The Labute approximate surface area is 95.3 Å². The third kappa shape index (κ3) is 1.85. The molecule has 0 radical (unpaired) electrons. The van der Waals surface area contributed by atoms with Gasteiger partial charge < -0.3 is 5.32 Å². The number of rotatable bonds is 2. The highest BCUT2D eigenvalue weighted by molar-refractivity contribution is 7.89. The number of sulfonamides is 1. The summed E-state index contributed by atoms with van der Waals surface area (Å²) in [7, 11) is -1.62. The van der Waals surface area contributed by atoms with Gasteiger partial charge in [0.05, 0.1) is 11.9 Å². The van der Waals surface area contributed by atoms with Crippen molar-refractivity contribution in [2.24, 2.45) is 7.05 Å². The lowest BCUT2D eigenvalue weighted by Gasteiger charge is -2.26. The first-order valence-corrected chi connectivity index (χ1v) is 6.67. The molecule has 0 amide bonds. The quantitative estimate of drug-likeness (QED) is 0.748. The topological polar surface area (TPSA) is 67.2 Å². The second kappa shape index (κ2) is 4.15. The van der Waals surface area contributed by atoms with Crippen molar-refractivity contribution in [2.45, 2.75) is 11.8 Å². The largest absolute Gasteiger partial charge is 0.314 e. The lowest BCUT2D eigenvalue weighted by molar-refractivity contribution is 0.360. The molecule has 90 valence electrons. The van der Waals surface area contributed by atoms with Crippen molar-refractivity contribution < 1.29 is 8.42 Å². The van der Waals surface area contributed by atoms with Crippen LogP contribution < -0.4 is 5.32 Å². The van der Waals surface area contributed by atoms with Crippen molar-refractivity contribution in [3.8, 4) is 0 Å². The minimum absolute atomic E-state index is 0.317. The molecule has 0 spiro atoms. The molecule has 7 heteroatoms. The first-order chi connectivity index (χ1) is 7.53. The molecule has 1 aliphatic rings. The van der Waals surface area contributed by atoms with Crippen molar-refractivity contribution >= 4 is 10.0 Å². The van der Waals surface area contributed by atoms with Gasteiger partial charge in [-0.1, -0.05) is 0 Å². The minimum Gasteiger partial charge on any atom is -0.314 e. The third-order valence-electron chi connectivity index (χ3n) is 2.88. The van der Waals surface area contributed by atoms with Gasteiger partial charge in [0.25, 0.3) is 0 Å². The number of hydrogen-bond acceptors (Lipinski definition) is 4. The van der Waals surface area contributed by atoms with E-state index in [9.17, 15) is 8.42 Å². The van der Waals surface area contributed by atoms with E-state index in [0.717, 1.165) is 0 Å². The van der Waals surface area contributed by atoms with Gasteiger partial charge in [0.15, 0.2) is 0 Å². The highest BCUT2D eigenvalue weighted by Gasteiger charge is 2.28. The number of hydrogen-bond donors (Lipinski definition) is 1. The van der Waals surface area contributed by atoms with E-state index in [4.69, 9.17) is 0 Å².